The smallest absolute Gasteiger partial charge is 0.390 e. The molecule has 1 atom stereocenters. The Hall–Kier alpha value is -2.69. The van der Waals surface area contributed by atoms with Crippen molar-refractivity contribution in [2.24, 2.45) is 0 Å². The summed E-state index contributed by atoms with van der Waals surface area (Å²) in [7, 11) is -1.83. The quantitative estimate of drug-likeness (QED) is 0.180. The van der Waals surface area contributed by atoms with Crippen molar-refractivity contribution in [3.63, 3.8) is 0 Å². The predicted octanol–water partition coefficient (Wildman–Crippen LogP) is 11.9. The van der Waals surface area contributed by atoms with E-state index < -0.39 is 8.24 Å². The van der Waals surface area contributed by atoms with Gasteiger partial charge in [0.05, 0.1) is 0 Å². The number of fused-ring (bicyclic) bond motifs is 3. The monoisotopic (exact) mass is 664 g/mol. The summed E-state index contributed by atoms with van der Waals surface area (Å²) < 4.78 is 21.7. The normalized spacial score (nSPS) is 12.7. The molecule has 0 saturated heterocycles. The largest absolute Gasteiger partial charge is 0.453 e. The van der Waals surface area contributed by atoms with Crippen molar-refractivity contribution in [2.45, 2.75) is 73.1 Å². The van der Waals surface area contributed by atoms with Crippen LogP contribution in [0, 0.1) is 24.3 Å². The van der Waals surface area contributed by atoms with Crippen LogP contribution in [0.15, 0.2) is 75.1 Å². The van der Waals surface area contributed by atoms with Crippen LogP contribution < -0.4 is 4.52 Å². The zero-order chi connectivity index (χ0) is 29.0. The summed E-state index contributed by atoms with van der Waals surface area (Å²) in [6.07, 6.45) is 0. The zero-order valence-electron chi connectivity index (χ0n) is 24.9. The van der Waals surface area contributed by atoms with E-state index >= 15 is 0 Å². The van der Waals surface area contributed by atoms with Crippen molar-refractivity contribution in [3.05, 3.63) is 98.1 Å². The Bertz CT molecular complexity index is 1790. The molecule has 0 aliphatic carbocycles. The van der Waals surface area contributed by atoms with E-state index in [0.717, 1.165) is 59.1 Å². The molecule has 0 aliphatic rings. The number of hydrogen-bond acceptors (Lipinski definition) is 3. The van der Waals surface area contributed by atoms with Crippen LogP contribution in [0.5, 0.6) is 5.75 Å². The van der Waals surface area contributed by atoms with Gasteiger partial charge in [-0.3, -0.25) is 0 Å². The van der Waals surface area contributed by atoms with Gasteiger partial charge in [-0.05, 0) is 88.6 Å². The van der Waals surface area contributed by atoms with Crippen molar-refractivity contribution in [3.8, 4) is 16.9 Å². The van der Waals surface area contributed by atoms with Gasteiger partial charge in [0.2, 0.25) is 0 Å². The summed E-state index contributed by atoms with van der Waals surface area (Å²) in [6.45, 7) is 19.9. The Morgan fingerprint density at radius 1 is 0.650 bits per heavy atom. The fourth-order valence-electron chi connectivity index (χ4n) is 5.26. The van der Waals surface area contributed by atoms with Crippen LogP contribution in [0.3, 0.4) is 0 Å². The van der Waals surface area contributed by atoms with Crippen molar-refractivity contribution in [1.29, 1.82) is 0 Å². The van der Waals surface area contributed by atoms with Crippen molar-refractivity contribution in [1.82, 2.24) is 0 Å². The highest BCUT2D eigenvalue weighted by atomic mass is 127. The maximum absolute atomic E-state index is 6.90. The molecule has 0 aliphatic heterocycles. The summed E-state index contributed by atoms with van der Waals surface area (Å²) >= 11 is 2.38. The summed E-state index contributed by atoms with van der Waals surface area (Å²) in [5.74, 6) is 0.744. The lowest BCUT2D eigenvalue weighted by atomic mass is 9.81. The van der Waals surface area contributed by atoms with E-state index in [1.807, 2.05) is 18.2 Å². The number of para-hydroxylation sites is 1. The number of aryl methyl sites for hydroxylation is 3. The van der Waals surface area contributed by atoms with Gasteiger partial charge in [0, 0.05) is 31.0 Å². The van der Waals surface area contributed by atoms with Gasteiger partial charge in [-0.15, -0.1) is 0 Å². The molecule has 5 rings (SSSR count). The summed E-state index contributed by atoms with van der Waals surface area (Å²) in [6, 6.07) is 23.2. The second kappa shape index (κ2) is 10.6. The molecule has 0 radical (unpaired) electrons. The third kappa shape index (κ3) is 5.33. The Morgan fingerprint density at radius 3 is 1.85 bits per heavy atom. The van der Waals surface area contributed by atoms with Crippen LogP contribution in [0.1, 0.15) is 69.4 Å². The molecule has 5 heteroatoms. The molecule has 3 nitrogen and oxygen atoms in total. The number of benzene rings is 4. The van der Waals surface area contributed by atoms with E-state index in [9.17, 15) is 0 Å². The van der Waals surface area contributed by atoms with Crippen LogP contribution in [0.4, 0.5) is 0 Å². The Kier molecular flexibility index (Phi) is 7.65. The van der Waals surface area contributed by atoms with Gasteiger partial charge in [-0.25, -0.2) is 0 Å². The molecule has 1 aromatic heterocycles. The third-order valence-electron chi connectivity index (χ3n) is 7.59. The lowest BCUT2D eigenvalue weighted by Crippen LogP contribution is -2.13. The van der Waals surface area contributed by atoms with Gasteiger partial charge in [0.15, 0.2) is 0 Å². The Balaban J connectivity index is 1.93. The number of rotatable bonds is 3. The molecule has 0 fully saturated rings. The van der Waals surface area contributed by atoms with E-state index in [1.165, 1.54) is 11.1 Å². The van der Waals surface area contributed by atoms with E-state index in [0.29, 0.717) is 0 Å². The van der Waals surface area contributed by atoms with E-state index in [4.69, 9.17) is 12.9 Å². The van der Waals surface area contributed by atoms with Crippen molar-refractivity contribution >= 4 is 52.8 Å². The predicted molar refractivity (Wildman–Crippen MR) is 179 cm³/mol. The van der Waals surface area contributed by atoms with E-state index in [1.54, 1.807) is 0 Å². The zero-order valence-corrected chi connectivity index (χ0v) is 28.0. The highest BCUT2D eigenvalue weighted by Gasteiger charge is 2.27. The first-order chi connectivity index (χ1) is 18.8. The molecule has 0 N–H and O–H groups in total. The lowest BCUT2D eigenvalue weighted by Gasteiger charge is -2.22. The SMILES string of the molecule is Cc1cc(C(C)(C)C)c2op(Oc3ccccc3-c3ccccc3I)oc3c(C(C)(C)C)ccc(C)c3c2c1C. The van der Waals surface area contributed by atoms with Gasteiger partial charge in [0.25, 0.3) is 0 Å². The minimum absolute atomic E-state index is 0.133. The molecule has 0 bridgehead atoms. The molecule has 40 heavy (non-hydrogen) atoms. The first-order valence-corrected chi connectivity index (χ1v) is 15.9. The molecule has 0 amide bonds. The lowest BCUT2D eigenvalue weighted by molar-refractivity contribution is 0.490. The molecule has 5 aromatic rings. The summed E-state index contributed by atoms with van der Waals surface area (Å²) in [5.41, 5.74) is 9.51. The first kappa shape index (κ1) is 28.8. The minimum Gasteiger partial charge on any atom is -0.390 e. The summed E-state index contributed by atoms with van der Waals surface area (Å²) in [4.78, 5) is 0. The van der Waals surface area contributed by atoms with Gasteiger partial charge in [-0.2, -0.15) is 0 Å². The van der Waals surface area contributed by atoms with E-state index in [2.05, 4.69) is 133 Å². The maximum atomic E-state index is 6.90. The molecule has 0 saturated carbocycles. The molecule has 4 aromatic carbocycles. The van der Waals surface area contributed by atoms with Crippen molar-refractivity contribution < 1.29 is 12.9 Å². The van der Waals surface area contributed by atoms with Crippen LogP contribution in [-0.4, -0.2) is 0 Å². The van der Waals surface area contributed by atoms with Crippen LogP contribution in [0.2, 0.25) is 0 Å². The average Bonchev–Trinajstić information content (AvgIpc) is 3.03. The second-order valence-corrected chi connectivity index (χ2v) is 14.8. The molecular weight excluding hydrogens is 626 g/mol. The molecule has 0 spiro atoms. The van der Waals surface area contributed by atoms with Crippen LogP contribution >= 0.6 is 30.8 Å². The highest BCUT2D eigenvalue weighted by Crippen LogP contribution is 2.47. The Morgan fingerprint density at radius 2 is 1.23 bits per heavy atom. The van der Waals surface area contributed by atoms with Crippen LogP contribution in [0.25, 0.3) is 33.1 Å². The first-order valence-electron chi connectivity index (χ1n) is 13.7. The van der Waals surface area contributed by atoms with Gasteiger partial charge < -0.3 is 12.9 Å². The molecule has 1 unspecified atom stereocenters. The van der Waals surface area contributed by atoms with Crippen LogP contribution in [-0.2, 0) is 10.8 Å². The third-order valence-corrected chi connectivity index (χ3v) is 9.54. The van der Waals surface area contributed by atoms with Gasteiger partial charge in [0.1, 0.15) is 16.9 Å². The highest BCUT2D eigenvalue weighted by molar-refractivity contribution is 14.1. The molecule has 208 valence electrons. The van der Waals surface area contributed by atoms with E-state index in [-0.39, 0.29) is 10.8 Å². The summed E-state index contributed by atoms with van der Waals surface area (Å²) in [5, 5.41) is 2.22. The number of halogens is 1. The molecular formula is C35H38IO3P. The minimum atomic E-state index is -1.83. The average molecular weight is 665 g/mol. The molecule has 1 heterocycles. The fraction of sp³-hybridized carbons (Fsp3) is 0.314. The number of hydrogen-bond donors (Lipinski definition) is 0. The Labute approximate surface area is 252 Å². The van der Waals surface area contributed by atoms with Crippen molar-refractivity contribution in [2.75, 3.05) is 0 Å². The standard InChI is InChI=1S/C35H38IO3P/c1-21-18-19-26(34(4,5)6)32-30(21)31-23(3)22(2)20-27(35(7,8)9)33(31)39-40(38-32)37-29-17-13-11-15-25(29)24-14-10-12-16-28(24)36/h10-20H,1-9H3. The maximum Gasteiger partial charge on any atom is 0.453 e. The topological polar surface area (TPSA) is 35.5 Å². The van der Waals surface area contributed by atoms with Gasteiger partial charge >= 0.3 is 8.24 Å². The second-order valence-electron chi connectivity index (χ2n) is 12.7. The fourth-order valence-corrected chi connectivity index (χ4v) is 7.04. The van der Waals surface area contributed by atoms with Gasteiger partial charge in [-0.1, -0.05) is 96.1 Å².